The Kier molecular flexibility index (Phi) is 22.4. The molecule has 466 valence electrons. The molecule has 0 saturated carbocycles. The van der Waals surface area contributed by atoms with Crippen molar-refractivity contribution in [1.29, 1.82) is 0 Å². The summed E-state index contributed by atoms with van der Waals surface area (Å²) in [5.41, 5.74) is 16.2. The summed E-state index contributed by atoms with van der Waals surface area (Å²) < 4.78 is 101. The van der Waals surface area contributed by atoms with Crippen LogP contribution >= 0.6 is 0 Å². The Balaban J connectivity index is 0.000000152. The fourth-order valence-electron chi connectivity index (χ4n) is 11.3. The molecule has 0 radical (unpaired) electrons. The van der Waals surface area contributed by atoms with Crippen molar-refractivity contribution in [3.63, 3.8) is 0 Å². The molecule has 0 aliphatic carbocycles. The zero-order valence-corrected chi connectivity index (χ0v) is 51.4. The Morgan fingerprint density at radius 2 is 0.620 bits per heavy atom. The van der Waals surface area contributed by atoms with Crippen molar-refractivity contribution in [3.05, 3.63) is 284 Å². The van der Waals surface area contributed by atoms with Crippen LogP contribution < -0.4 is 14.2 Å². The van der Waals surface area contributed by atoms with E-state index in [9.17, 15) is 30.7 Å². The average molecular weight is 1240 g/mol. The van der Waals surface area contributed by atoms with Crippen LogP contribution in [-0.4, -0.2) is 19.8 Å². The number of halogens is 7. The molecule has 3 nitrogen and oxygen atoms in total. The Bertz CT molecular complexity index is 4360. The molecular formula is C82H71F7O3. The van der Waals surface area contributed by atoms with Gasteiger partial charge in [0.15, 0.2) is 11.6 Å². The van der Waals surface area contributed by atoms with Gasteiger partial charge < -0.3 is 14.2 Å². The van der Waals surface area contributed by atoms with E-state index in [0.717, 1.165) is 81.3 Å². The lowest BCUT2D eigenvalue weighted by Crippen LogP contribution is -2.03. The van der Waals surface area contributed by atoms with Gasteiger partial charge in [0.1, 0.15) is 11.5 Å². The van der Waals surface area contributed by atoms with E-state index in [1.165, 1.54) is 98.8 Å². The van der Waals surface area contributed by atoms with Gasteiger partial charge >= 0.3 is 19.8 Å². The molecule has 0 unspecified atom stereocenters. The van der Waals surface area contributed by atoms with Crippen molar-refractivity contribution in [3.8, 4) is 84.0 Å². The third-order valence-corrected chi connectivity index (χ3v) is 16.3. The number of unbranched alkanes of at least 4 members (excludes halogenated alkanes) is 4. The molecule has 0 bridgehead atoms. The molecule has 92 heavy (non-hydrogen) atoms. The second-order valence-corrected chi connectivity index (χ2v) is 22.6. The minimum Gasteiger partial charge on any atom is -0.435 e. The molecule has 0 saturated heterocycles. The van der Waals surface area contributed by atoms with Crippen molar-refractivity contribution in [2.24, 2.45) is 0 Å². The van der Waals surface area contributed by atoms with E-state index >= 15 is 0 Å². The number of hydrogen-bond acceptors (Lipinski definition) is 3. The average Bonchev–Trinajstić information content (AvgIpc) is 0.912. The number of benzene rings is 12. The minimum atomic E-state index is -3.05. The third kappa shape index (κ3) is 17.7. The lowest BCUT2D eigenvalue weighted by molar-refractivity contribution is -0.0524. The van der Waals surface area contributed by atoms with Crippen molar-refractivity contribution in [2.45, 2.75) is 91.5 Å². The summed E-state index contributed by atoms with van der Waals surface area (Å²) in [5.74, 6) is -0.939. The Hall–Kier alpha value is -9.93. The summed E-state index contributed by atoms with van der Waals surface area (Å²) in [4.78, 5) is 0. The first-order valence-electron chi connectivity index (χ1n) is 31.1. The molecule has 0 N–H and O–H groups in total. The number of alkyl halides is 6. The van der Waals surface area contributed by atoms with E-state index in [0.29, 0.717) is 5.56 Å². The Labute approximate surface area is 534 Å². The number of rotatable bonds is 22. The van der Waals surface area contributed by atoms with Crippen molar-refractivity contribution < 1.29 is 44.9 Å². The first-order valence-corrected chi connectivity index (χ1v) is 31.1. The summed E-state index contributed by atoms with van der Waals surface area (Å²) in [6.45, 7) is -0.484. The van der Waals surface area contributed by atoms with Gasteiger partial charge in [0.2, 0.25) is 0 Å². The standard InChI is InChI=1S/C30H30F2O.C27H22F2O.C25H19F3O/c1-2-3-4-5-6-7-22-8-9-28-21-27(15-14-26(28)20-22)25-12-10-23(11-13-25)24-16-18-29(19-17-24)33-30(31)32;1-2-3-4-19-5-6-25-18-24(12-11-23(25)17-19)22-9-7-20(8-10-22)21-13-15-26(16-14-21)30-27(28)29;1-2-16-3-4-21-14-20(10-9-19(21)13-16)17-5-7-18(8-6-17)22-11-12-24(23(26)15-22)29-25(27)28/h8-21,30H,2-7H2,1H3;2,5-18,27H,1,3-4H2;3-15,25H,2H2,1H3. The maximum atomic E-state index is 14.0. The minimum absolute atomic E-state index is 0.161. The highest BCUT2D eigenvalue weighted by atomic mass is 19.3. The Morgan fingerprint density at radius 3 is 0.989 bits per heavy atom. The number of ether oxygens (including phenoxy) is 3. The van der Waals surface area contributed by atoms with Gasteiger partial charge in [0, 0.05) is 0 Å². The summed E-state index contributed by atoms with van der Waals surface area (Å²) in [5, 5.41) is 7.39. The van der Waals surface area contributed by atoms with Gasteiger partial charge in [-0.1, -0.05) is 240 Å². The van der Waals surface area contributed by atoms with E-state index in [-0.39, 0.29) is 11.5 Å². The second-order valence-electron chi connectivity index (χ2n) is 22.6. The largest absolute Gasteiger partial charge is 0.435 e. The molecule has 0 heterocycles. The van der Waals surface area contributed by atoms with Gasteiger partial charge in [0.05, 0.1) is 0 Å². The number of aryl methyl sites for hydroxylation is 3. The van der Waals surface area contributed by atoms with Crippen molar-refractivity contribution in [2.75, 3.05) is 0 Å². The quantitative estimate of drug-likeness (QED) is 0.0385. The summed E-state index contributed by atoms with van der Waals surface area (Å²) in [7, 11) is 0. The van der Waals surface area contributed by atoms with Gasteiger partial charge in [-0.25, -0.2) is 4.39 Å². The fraction of sp³-hybridized carbons (Fsp3) is 0.171. The zero-order valence-electron chi connectivity index (χ0n) is 51.4. The molecular weight excluding hydrogens is 1170 g/mol. The molecule has 12 rings (SSSR count). The SMILES string of the molecule is C=CCCc1ccc2cc(-c3ccc(-c4ccc(OC(F)F)cc4)cc3)ccc2c1.CCCCCCCc1ccc2cc(-c3ccc(-c4ccc(OC(F)F)cc4)cc3)ccc2c1.CCc1ccc2cc(-c3ccc(-c4ccc(OC(F)F)c(F)c4)cc3)ccc2c1. The predicted octanol–water partition coefficient (Wildman–Crippen LogP) is 24.7. The van der Waals surface area contributed by atoms with Gasteiger partial charge in [-0.05, 0) is 202 Å². The molecule has 0 spiro atoms. The number of allylic oxidation sites excluding steroid dienone is 1. The normalized spacial score (nSPS) is 11.2. The molecule has 0 aromatic heterocycles. The van der Waals surface area contributed by atoms with Crippen LogP contribution in [0.3, 0.4) is 0 Å². The fourth-order valence-corrected chi connectivity index (χ4v) is 11.3. The van der Waals surface area contributed by atoms with Gasteiger partial charge in [-0.15, -0.1) is 6.58 Å². The van der Waals surface area contributed by atoms with Crippen molar-refractivity contribution in [1.82, 2.24) is 0 Å². The van der Waals surface area contributed by atoms with Crippen LogP contribution in [0.2, 0.25) is 0 Å². The first-order chi connectivity index (χ1) is 44.8. The molecule has 12 aromatic carbocycles. The smallest absolute Gasteiger partial charge is 0.387 e. The van der Waals surface area contributed by atoms with Crippen LogP contribution in [0, 0.1) is 5.82 Å². The van der Waals surface area contributed by atoms with Crippen molar-refractivity contribution >= 4 is 32.3 Å². The highest BCUT2D eigenvalue weighted by Gasteiger charge is 2.13. The van der Waals surface area contributed by atoms with Crippen LogP contribution in [0.25, 0.3) is 99.1 Å². The molecule has 12 aromatic rings. The molecule has 0 aliphatic heterocycles. The highest BCUT2D eigenvalue weighted by Crippen LogP contribution is 2.34. The Morgan fingerprint density at radius 1 is 0.315 bits per heavy atom. The van der Waals surface area contributed by atoms with E-state index in [2.05, 4.69) is 180 Å². The van der Waals surface area contributed by atoms with Gasteiger partial charge in [-0.3, -0.25) is 0 Å². The summed E-state index contributed by atoms with van der Waals surface area (Å²) >= 11 is 0. The number of hydrogen-bond donors (Lipinski definition) is 0. The topological polar surface area (TPSA) is 27.7 Å². The lowest BCUT2D eigenvalue weighted by atomic mass is 9.97. The van der Waals surface area contributed by atoms with Crippen LogP contribution in [0.15, 0.2) is 261 Å². The maximum Gasteiger partial charge on any atom is 0.387 e. The van der Waals surface area contributed by atoms with E-state index < -0.39 is 31.4 Å². The van der Waals surface area contributed by atoms with Gasteiger partial charge in [0.25, 0.3) is 0 Å². The molecule has 0 aliphatic rings. The number of fused-ring (bicyclic) bond motifs is 3. The molecule has 0 amide bonds. The molecule has 0 fully saturated rings. The monoisotopic (exact) mass is 1240 g/mol. The molecule has 10 heteroatoms. The van der Waals surface area contributed by atoms with Crippen LogP contribution in [0.1, 0.15) is 69.1 Å². The third-order valence-electron chi connectivity index (χ3n) is 16.3. The zero-order chi connectivity index (χ0) is 64.3. The van der Waals surface area contributed by atoms with E-state index in [1.807, 2.05) is 42.5 Å². The summed E-state index contributed by atoms with van der Waals surface area (Å²) in [6.07, 6.45) is 12.6. The van der Waals surface area contributed by atoms with Crippen LogP contribution in [0.4, 0.5) is 30.7 Å². The van der Waals surface area contributed by atoms with E-state index in [1.54, 1.807) is 54.6 Å². The molecule has 0 atom stereocenters. The maximum absolute atomic E-state index is 14.0. The predicted molar refractivity (Wildman–Crippen MR) is 365 cm³/mol. The summed E-state index contributed by atoms with van der Waals surface area (Å²) in [6, 6.07) is 81.1. The second kappa shape index (κ2) is 31.7. The highest BCUT2D eigenvalue weighted by molar-refractivity contribution is 5.90. The van der Waals surface area contributed by atoms with Crippen LogP contribution in [-0.2, 0) is 19.3 Å². The van der Waals surface area contributed by atoms with Gasteiger partial charge in [-0.2, -0.15) is 26.3 Å². The van der Waals surface area contributed by atoms with Crippen LogP contribution in [0.5, 0.6) is 17.2 Å². The van der Waals surface area contributed by atoms with E-state index in [4.69, 9.17) is 0 Å². The first kappa shape index (κ1) is 65.0. The lowest BCUT2D eigenvalue weighted by Gasteiger charge is -2.09.